The smallest absolute Gasteiger partial charge is 0.308 e. The molecule has 0 aliphatic rings. The zero-order valence-electron chi connectivity index (χ0n) is 36.9. The standard InChI is InChI=1S/C24H46N4O8S.C12H15NO3.C3H8.CH3NO/c1-17(2)19(29)14-24(5,6)36-13-10-23(3,4)22(32)28-18(16-37(33,34)35)21(31)27-15-20(30)26-12-9-8-11-25-7;1-9(2)12(15)16-7-10-3-5-11(6-4-10)13-8-14;1-3-2;2-1-3/h17-18,25H,8-16H2,1-7H3,(H,26,30)(H,27,31)(H,28,32)(H,33,34,35);3-6,8-9H,7H2,1-2H3,(H,13,14);3H2,1-2H3;1H,(H2,2,3). The van der Waals surface area contributed by atoms with Gasteiger partial charge in [0.2, 0.25) is 30.5 Å². The molecule has 19 heteroatoms. The molecular formula is C40H72N6O12S. The van der Waals surface area contributed by atoms with Gasteiger partial charge in [-0.15, -0.1) is 0 Å². The lowest BCUT2D eigenvalue weighted by Crippen LogP contribution is -2.54. The molecule has 0 radical (unpaired) electrons. The molecule has 8 N–H and O–H groups in total. The first kappa shape index (κ1) is 58.9. The first-order chi connectivity index (χ1) is 27.4. The van der Waals surface area contributed by atoms with Crippen LogP contribution < -0.4 is 32.3 Å². The van der Waals surface area contributed by atoms with Crippen LogP contribution in [-0.2, 0) is 59.8 Å². The van der Waals surface area contributed by atoms with Crippen molar-refractivity contribution in [2.75, 3.05) is 44.4 Å². The molecule has 0 saturated heterocycles. The molecule has 0 bridgehead atoms. The summed E-state index contributed by atoms with van der Waals surface area (Å²) >= 11 is 0. The van der Waals surface area contributed by atoms with Crippen LogP contribution in [0.4, 0.5) is 5.69 Å². The highest BCUT2D eigenvalue weighted by molar-refractivity contribution is 7.85. The predicted molar refractivity (Wildman–Crippen MR) is 227 cm³/mol. The molecule has 1 rings (SSSR count). The lowest BCUT2D eigenvalue weighted by molar-refractivity contribution is -0.148. The van der Waals surface area contributed by atoms with Crippen molar-refractivity contribution in [1.82, 2.24) is 21.3 Å². The second-order valence-corrected chi connectivity index (χ2v) is 16.8. The Balaban J connectivity index is -0.00000116. The Kier molecular flexibility index (Phi) is 32.3. The maximum absolute atomic E-state index is 12.9. The van der Waals surface area contributed by atoms with Crippen LogP contribution in [0.15, 0.2) is 24.3 Å². The SMILES string of the molecule is CC(C)C(=O)OCc1ccc(NC=O)cc1.CCC.CNCCCCNC(=O)CNC(=O)C(CS(=O)(=O)O)NC(=O)C(C)(C)CCOC(C)(C)CC(=O)C(C)C.NC=O. The predicted octanol–water partition coefficient (Wildman–Crippen LogP) is 2.89. The van der Waals surface area contributed by atoms with Crippen molar-refractivity contribution in [2.45, 2.75) is 120 Å². The van der Waals surface area contributed by atoms with Gasteiger partial charge in [0, 0.05) is 36.6 Å². The lowest BCUT2D eigenvalue weighted by Gasteiger charge is -2.30. The van der Waals surface area contributed by atoms with Crippen LogP contribution >= 0.6 is 0 Å². The fourth-order valence-corrected chi connectivity index (χ4v) is 4.87. The second-order valence-electron chi connectivity index (χ2n) is 15.3. The van der Waals surface area contributed by atoms with Gasteiger partial charge in [0.15, 0.2) is 0 Å². The van der Waals surface area contributed by atoms with Crippen molar-refractivity contribution >= 4 is 58.1 Å². The van der Waals surface area contributed by atoms with Crippen LogP contribution in [0.5, 0.6) is 0 Å². The molecule has 18 nitrogen and oxygen atoms in total. The highest BCUT2D eigenvalue weighted by Gasteiger charge is 2.34. The number of hydrogen-bond acceptors (Lipinski definition) is 12. The van der Waals surface area contributed by atoms with E-state index in [4.69, 9.17) is 14.3 Å². The Morgan fingerprint density at radius 1 is 0.898 bits per heavy atom. The molecule has 1 aromatic carbocycles. The molecule has 0 aliphatic carbocycles. The second kappa shape index (κ2) is 32.4. The van der Waals surface area contributed by atoms with Crippen molar-refractivity contribution in [3.63, 3.8) is 0 Å². The van der Waals surface area contributed by atoms with E-state index in [0.717, 1.165) is 24.9 Å². The van der Waals surface area contributed by atoms with Crippen LogP contribution in [0.3, 0.4) is 0 Å². The van der Waals surface area contributed by atoms with Crippen LogP contribution in [-0.4, -0.2) is 106 Å². The summed E-state index contributed by atoms with van der Waals surface area (Å²) in [5.74, 6) is -3.46. The molecule has 0 aliphatic heterocycles. The summed E-state index contributed by atoms with van der Waals surface area (Å²) in [5, 5.41) is 12.8. The van der Waals surface area contributed by atoms with Gasteiger partial charge in [-0.2, -0.15) is 8.42 Å². The highest BCUT2D eigenvalue weighted by Crippen LogP contribution is 2.24. The Morgan fingerprint density at radius 2 is 1.44 bits per heavy atom. The van der Waals surface area contributed by atoms with E-state index in [1.54, 1.807) is 65.8 Å². The molecular weight excluding hydrogens is 789 g/mol. The first-order valence-corrected chi connectivity index (χ1v) is 21.2. The minimum atomic E-state index is -4.61. The minimum absolute atomic E-state index is 0.0588. The number of anilines is 1. The quantitative estimate of drug-likeness (QED) is 0.0341. The first-order valence-electron chi connectivity index (χ1n) is 19.6. The number of unbranched alkanes of at least 4 members (excludes halogenated alkanes) is 1. The summed E-state index contributed by atoms with van der Waals surface area (Å²) in [4.78, 5) is 79.4. The summed E-state index contributed by atoms with van der Waals surface area (Å²) < 4.78 is 43.1. The third kappa shape index (κ3) is 33.1. The zero-order chi connectivity index (χ0) is 46.2. The number of carbonyl (C=O) groups is 7. The van der Waals surface area contributed by atoms with Gasteiger partial charge in [-0.05, 0) is 64.4 Å². The normalized spacial score (nSPS) is 11.5. The number of ether oxygens (including phenoxy) is 2. The highest BCUT2D eigenvalue weighted by atomic mass is 32.2. The van der Waals surface area contributed by atoms with Crippen molar-refractivity contribution in [1.29, 1.82) is 0 Å². The topological polar surface area (TPSA) is 278 Å². The van der Waals surface area contributed by atoms with Crippen molar-refractivity contribution in [3.05, 3.63) is 29.8 Å². The van der Waals surface area contributed by atoms with Crippen molar-refractivity contribution in [3.8, 4) is 0 Å². The van der Waals surface area contributed by atoms with E-state index in [-0.39, 0.29) is 56.1 Å². The zero-order valence-corrected chi connectivity index (χ0v) is 37.7. The van der Waals surface area contributed by atoms with E-state index in [2.05, 4.69) is 46.2 Å². The van der Waals surface area contributed by atoms with Crippen LogP contribution in [0.1, 0.15) is 107 Å². The Morgan fingerprint density at radius 3 is 1.92 bits per heavy atom. The van der Waals surface area contributed by atoms with E-state index in [0.29, 0.717) is 18.6 Å². The maximum atomic E-state index is 12.9. The Labute approximate surface area is 351 Å². The van der Waals surface area contributed by atoms with Gasteiger partial charge < -0.3 is 41.8 Å². The lowest BCUT2D eigenvalue weighted by atomic mass is 9.88. The number of carbonyl (C=O) groups excluding carboxylic acids is 7. The van der Waals surface area contributed by atoms with Gasteiger partial charge in [0.1, 0.15) is 24.2 Å². The average Bonchev–Trinajstić information content (AvgIpc) is 3.13. The Hall–Kier alpha value is -4.46. The molecule has 1 unspecified atom stereocenters. The molecule has 0 aromatic heterocycles. The molecule has 0 saturated carbocycles. The van der Waals surface area contributed by atoms with E-state index in [9.17, 15) is 41.7 Å². The van der Waals surface area contributed by atoms with Gasteiger partial charge in [-0.25, -0.2) is 0 Å². The summed E-state index contributed by atoms with van der Waals surface area (Å²) in [6, 6.07) is 5.52. The van der Waals surface area contributed by atoms with Gasteiger partial charge in [-0.3, -0.25) is 38.1 Å². The molecule has 5 amide bonds. The number of nitrogens with one attached hydrogen (secondary N) is 5. The monoisotopic (exact) mass is 860 g/mol. The fraction of sp³-hybridized carbons (Fsp3) is 0.675. The third-order valence-electron chi connectivity index (χ3n) is 7.71. The van der Waals surface area contributed by atoms with E-state index >= 15 is 0 Å². The minimum Gasteiger partial charge on any atom is -0.461 e. The van der Waals surface area contributed by atoms with Crippen LogP contribution in [0, 0.1) is 17.3 Å². The molecule has 340 valence electrons. The molecule has 0 spiro atoms. The molecule has 1 atom stereocenters. The number of ketones is 1. The number of benzene rings is 1. The van der Waals surface area contributed by atoms with Crippen molar-refractivity contribution in [2.24, 2.45) is 23.0 Å². The molecule has 59 heavy (non-hydrogen) atoms. The number of esters is 1. The van der Waals surface area contributed by atoms with E-state index < -0.39 is 57.2 Å². The molecule has 0 heterocycles. The number of hydrogen-bond donors (Lipinski definition) is 7. The third-order valence-corrected chi connectivity index (χ3v) is 8.46. The van der Waals surface area contributed by atoms with Gasteiger partial charge in [-0.1, -0.05) is 73.9 Å². The Bertz CT molecular complexity index is 1500. The van der Waals surface area contributed by atoms with Crippen LogP contribution in [0.2, 0.25) is 0 Å². The number of nitrogens with two attached hydrogens (primary N) is 1. The number of Topliss-reactive ketones (excluding diaryl/α,β-unsaturated/α-hetero) is 1. The van der Waals surface area contributed by atoms with Gasteiger partial charge in [0.25, 0.3) is 10.1 Å². The number of rotatable bonds is 24. The van der Waals surface area contributed by atoms with E-state index in [1.165, 1.54) is 6.42 Å². The summed E-state index contributed by atoms with van der Waals surface area (Å²) in [5.41, 5.74) is 3.98. The maximum Gasteiger partial charge on any atom is 0.308 e. The van der Waals surface area contributed by atoms with Crippen LogP contribution in [0.25, 0.3) is 0 Å². The van der Waals surface area contributed by atoms with Gasteiger partial charge in [0.05, 0.1) is 18.1 Å². The van der Waals surface area contributed by atoms with Crippen molar-refractivity contribution < 1.29 is 56.0 Å². The summed E-state index contributed by atoms with van der Waals surface area (Å²) in [6.07, 6.45) is 4.16. The summed E-state index contributed by atoms with van der Waals surface area (Å²) in [6.45, 7) is 19.4. The largest absolute Gasteiger partial charge is 0.461 e. The van der Waals surface area contributed by atoms with E-state index in [1.807, 2.05) is 20.9 Å². The number of amides is 5. The molecule has 0 fully saturated rings. The van der Waals surface area contributed by atoms with Gasteiger partial charge >= 0.3 is 5.97 Å². The average molecular weight is 861 g/mol. The summed E-state index contributed by atoms with van der Waals surface area (Å²) in [7, 11) is -2.79. The number of primary amides is 1. The molecule has 1 aromatic rings. The fourth-order valence-electron chi connectivity index (χ4n) is 4.21.